The molecule has 23 heavy (non-hydrogen) atoms. The molecule has 0 radical (unpaired) electrons. The molecular weight excluding hydrogens is 321 g/mol. The van der Waals surface area contributed by atoms with Crippen molar-refractivity contribution in [2.75, 3.05) is 0 Å². The number of hydrogen-bond acceptors (Lipinski definition) is 4. The molecule has 0 unspecified atom stereocenters. The molecule has 0 N–H and O–H groups in total. The second-order valence-electron chi connectivity index (χ2n) is 5.93. The van der Waals surface area contributed by atoms with E-state index in [1.54, 1.807) is 32.9 Å². The fourth-order valence-corrected chi connectivity index (χ4v) is 2.02. The maximum absolute atomic E-state index is 14.1. The van der Waals surface area contributed by atoms with Crippen LogP contribution in [0.4, 0.5) is 4.39 Å². The van der Waals surface area contributed by atoms with Gasteiger partial charge in [-0.2, -0.15) is 0 Å². The number of pyridine rings is 1. The summed E-state index contributed by atoms with van der Waals surface area (Å²) in [5.41, 5.74) is -0.351. The molecule has 0 aliphatic rings. The topological polar surface area (TPSA) is 48.4 Å². The number of halogens is 2. The van der Waals surface area contributed by atoms with Crippen molar-refractivity contribution in [2.45, 2.75) is 32.8 Å². The van der Waals surface area contributed by atoms with Crippen molar-refractivity contribution < 1.29 is 18.7 Å². The number of ether oxygens (including phenoxy) is 2. The fourth-order valence-electron chi connectivity index (χ4n) is 1.85. The van der Waals surface area contributed by atoms with E-state index in [9.17, 15) is 9.18 Å². The van der Waals surface area contributed by atoms with Gasteiger partial charge in [-0.25, -0.2) is 9.37 Å². The highest BCUT2D eigenvalue weighted by molar-refractivity contribution is 6.29. The lowest BCUT2D eigenvalue weighted by molar-refractivity contribution is -0.153. The summed E-state index contributed by atoms with van der Waals surface area (Å²) >= 11 is 5.76. The van der Waals surface area contributed by atoms with Crippen LogP contribution in [0.5, 0.6) is 11.5 Å². The first-order valence-electron chi connectivity index (χ1n) is 7.02. The molecule has 0 saturated carbocycles. The zero-order valence-corrected chi connectivity index (χ0v) is 13.9. The van der Waals surface area contributed by atoms with E-state index in [2.05, 4.69) is 4.98 Å². The lowest BCUT2D eigenvalue weighted by Gasteiger charge is -2.19. The lowest BCUT2D eigenvalue weighted by Crippen LogP contribution is -2.25. The van der Waals surface area contributed by atoms with Gasteiger partial charge in [0, 0.05) is 18.3 Å². The average molecular weight is 338 g/mol. The van der Waals surface area contributed by atoms with E-state index in [0.717, 1.165) is 0 Å². The molecule has 6 heteroatoms. The molecule has 1 heterocycles. The largest absolute Gasteiger partial charge is 0.460 e. The van der Waals surface area contributed by atoms with Crippen molar-refractivity contribution in [1.82, 2.24) is 4.98 Å². The third-order valence-electron chi connectivity index (χ3n) is 2.71. The molecule has 0 saturated heterocycles. The summed E-state index contributed by atoms with van der Waals surface area (Å²) in [6.45, 7) is 5.29. The normalized spacial score (nSPS) is 11.2. The molecule has 0 bridgehead atoms. The molecule has 0 aliphatic heterocycles. The van der Waals surface area contributed by atoms with E-state index >= 15 is 0 Å². The Balaban J connectivity index is 2.07. The second-order valence-corrected chi connectivity index (χ2v) is 6.32. The first-order chi connectivity index (χ1) is 10.7. The van der Waals surface area contributed by atoms with Crippen LogP contribution < -0.4 is 4.74 Å². The Kier molecular flexibility index (Phi) is 5.21. The first-order valence-corrected chi connectivity index (χ1v) is 7.40. The Morgan fingerprint density at radius 2 is 1.91 bits per heavy atom. The van der Waals surface area contributed by atoms with Gasteiger partial charge in [0.1, 0.15) is 28.1 Å². The predicted octanol–water partition coefficient (Wildman–Crippen LogP) is 4.55. The summed E-state index contributed by atoms with van der Waals surface area (Å²) in [6, 6.07) is 7.43. The molecule has 0 aliphatic carbocycles. The number of carbonyl (C=O) groups is 1. The molecule has 0 fully saturated rings. The predicted molar refractivity (Wildman–Crippen MR) is 85.3 cm³/mol. The van der Waals surface area contributed by atoms with Crippen LogP contribution in [-0.2, 0) is 16.0 Å². The van der Waals surface area contributed by atoms with Gasteiger partial charge in [0.2, 0.25) is 0 Å². The van der Waals surface area contributed by atoms with Crippen molar-refractivity contribution >= 4 is 17.6 Å². The summed E-state index contributed by atoms with van der Waals surface area (Å²) in [4.78, 5) is 15.6. The van der Waals surface area contributed by atoms with Crippen LogP contribution in [0.25, 0.3) is 0 Å². The summed E-state index contributed by atoms with van der Waals surface area (Å²) in [5, 5.41) is 0.282. The summed E-state index contributed by atoms with van der Waals surface area (Å²) < 4.78 is 24.8. The average Bonchev–Trinajstić information content (AvgIpc) is 2.40. The van der Waals surface area contributed by atoms with Crippen LogP contribution >= 0.6 is 11.6 Å². The first kappa shape index (κ1) is 17.2. The summed E-state index contributed by atoms with van der Waals surface area (Å²) in [5.74, 6) is -0.263. The third-order valence-corrected chi connectivity index (χ3v) is 2.92. The Hall–Kier alpha value is -2.14. The van der Waals surface area contributed by atoms with Gasteiger partial charge in [0.25, 0.3) is 0 Å². The van der Waals surface area contributed by atoms with Gasteiger partial charge < -0.3 is 9.47 Å². The lowest BCUT2D eigenvalue weighted by atomic mass is 10.1. The van der Waals surface area contributed by atoms with Gasteiger partial charge in [-0.1, -0.05) is 17.7 Å². The van der Waals surface area contributed by atoms with Crippen molar-refractivity contribution in [2.24, 2.45) is 0 Å². The van der Waals surface area contributed by atoms with Gasteiger partial charge in [-0.15, -0.1) is 0 Å². The maximum Gasteiger partial charge on any atom is 0.310 e. The molecule has 2 rings (SSSR count). The standard InChI is InChI=1S/C17H17ClFNO3/c1-17(2,3)23-16(21)8-11-4-5-12(9-14(11)19)22-13-6-7-20-15(18)10-13/h4-7,9-10H,8H2,1-3H3. The zero-order valence-electron chi connectivity index (χ0n) is 13.1. The minimum Gasteiger partial charge on any atom is -0.460 e. The minimum absolute atomic E-state index is 0.134. The number of rotatable bonds is 4. The highest BCUT2D eigenvalue weighted by Crippen LogP contribution is 2.25. The van der Waals surface area contributed by atoms with E-state index < -0.39 is 17.4 Å². The van der Waals surface area contributed by atoms with Gasteiger partial charge in [-0.05, 0) is 38.5 Å². The third kappa shape index (κ3) is 5.53. The van der Waals surface area contributed by atoms with E-state index in [1.165, 1.54) is 24.4 Å². The van der Waals surface area contributed by atoms with Crippen LogP contribution in [-0.4, -0.2) is 16.6 Å². The number of esters is 1. The monoisotopic (exact) mass is 337 g/mol. The van der Waals surface area contributed by atoms with Gasteiger partial charge in [0.05, 0.1) is 6.42 Å². The quantitative estimate of drug-likeness (QED) is 0.606. The number of benzene rings is 1. The van der Waals surface area contributed by atoms with Crippen LogP contribution in [0.3, 0.4) is 0 Å². The molecule has 2 aromatic rings. The van der Waals surface area contributed by atoms with Gasteiger partial charge >= 0.3 is 5.97 Å². The maximum atomic E-state index is 14.1. The van der Waals surface area contributed by atoms with Crippen molar-refractivity contribution in [3.05, 3.63) is 53.1 Å². The molecule has 1 aromatic heterocycles. The number of carbonyl (C=O) groups excluding carboxylic acids is 1. The van der Waals surface area contributed by atoms with Crippen LogP contribution in [0.2, 0.25) is 5.15 Å². The molecule has 0 atom stereocenters. The second kappa shape index (κ2) is 6.96. The van der Waals surface area contributed by atoms with Crippen LogP contribution in [0.1, 0.15) is 26.3 Å². The van der Waals surface area contributed by atoms with E-state index in [0.29, 0.717) is 11.5 Å². The number of hydrogen-bond donors (Lipinski definition) is 0. The molecule has 4 nitrogen and oxygen atoms in total. The fraction of sp³-hybridized carbons (Fsp3) is 0.294. The Labute approximate surface area is 139 Å². The molecular formula is C17H17ClFNO3. The van der Waals surface area contributed by atoms with E-state index in [1.807, 2.05) is 0 Å². The van der Waals surface area contributed by atoms with Crippen molar-refractivity contribution in [1.29, 1.82) is 0 Å². The van der Waals surface area contributed by atoms with Crippen molar-refractivity contribution in [3.63, 3.8) is 0 Å². The smallest absolute Gasteiger partial charge is 0.310 e. The van der Waals surface area contributed by atoms with E-state index in [4.69, 9.17) is 21.1 Å². The van der Waals surface area contributed by atoms with Crippen LogP contribution in [0.15, 0.2) is 36.5 Å². The Bertz CT molecular complexity index is 713. The Morgan fingerprint density at radius 1 is 1.22 bits per heavy atom. The highest BCUT2D eigenvalue weighted by atomic mass is 35.5. The molecule has 1 aromatic carbocycles. The number of aromatic nitrogens is 1. The van der Waals surface area contributed by atoms with E-state index in [-0.39, 0.29) is 17.1 Å². The Morgan fingerprint density at radius 3 is 2.52 bits per heavy atom. The minimum atomic E-state index is -0.600. The molecule has 0 spiro atoms. The van der Waals surface area contributed by atoms with Crippen molar-refractivity contribution in [3.8, 4) is 11.5 Å². The van der Waals surface area contributed by atoms with Gasteiger partial charge in [-0.3, -0.25) is 4.79 Å². The highest BCUT2D eigenvalue weighted by Gasteiger charge is 2.18. The molecule has 0 amide bonds. The van der Waals surface area contributed by atoms with Gasteiger partial charge in [0.15, 0.2) is 0 Å². The molecule has 122 valence electrons. The number of nitrogens with zero attached hydrogens (tertiary/aromatic N) is 1. The zero-order chi connectivity index (χ0) is 17.0. The summed E-state index contributed by atoms with van der Waals surface area (Å²) in [6.07, 6.45) is 1.36. The summed E-state index contributed by atoms with van der Waals surface area (Å²) in [7, 11) is 0. The van der Waals surface area contributed by atoms with Crippen LogP contribution in [0, 0.1) is 5.82 Å². The SMILES string of the molecule is CC(C)(C)OC(=O)Cc1ccc(Oc2ccnc(Cl)c2)cc1F.